The normalized spacial score (nSPS) is 16.2. The third-order valence-electron chi connectivity index (χ3n) is 4.53. The topological polar surface area (TPSA) is 77.0 Å². The molecular formula is C19H37N5O2. The molecular weight excluding hydrogens is 330 g/mol. The maximum atomic E-state index is 11.8. The van der Waals surface area contributed by atoms with E-state index in [1.807, 2.05) is 6.92 Å². The highest BCUT2D eigenvalue weighted by Crippen LogP contribution is 2.11. The van der Waals surface area contributed by atoms with Crippen LogP contribution in [0.3, 0.4) is 0 Å². The van der Waals surface area contributed by atoms with Gasteiger partial charge in [-0.25, -0.2) is 0 Å². The zero-order valence-electron chi connectivity index (χ0n) is 17.2. The van der Waals surface area contributed by atoms with Gasteiger partial charge in [0.2, 0.25) is 11.8 Å². The molecule has 2 amide bonds. The number of carbonyl (C=O) groups is 2. The molecule has 2 N–H and O–H groups in total. The fourth-order valence-electron chi connectivity index (χ4n) is 3.23. The van der Waals surface area contributed by atoms with Crippen molar-refractivity contribution in [2.45, 2.75) is 72.4 Å². The van der Waals surface area contributed by atoms with E-state index < -0.39 is 0 Å². The second-order valence-electron chi connectivity index (χ2n) is 7.26. The van der Waals surface area contributed by atoms with E-state index in [0.29, 0.717) is 44.4 Å². The average Bonchev–Trinajstić information content (AvgIpc) is 2.56. The number of likely N-dealkylation sites (tertiary alicyclic amines) is 1. The third kappa shape index (κ3) is 7.72. The molecule has 0 aromatic rings. The Balaban J connectivity index is 2.41. The van der Waals surface area contributed by atoms with Crippen molar-refractivity contribution in [3.8, 4) is 0 Å². The molecule has 0 radical (unpaired) electrons. The smallest absolute Gasteiger partial charge is 0.229 e. The molecule has 1 heterocycles. The summed E-state index contributed by atoms with van der Waals surface area (Å²) in [7, 11) is 0. The molecule has 150 valence electrons. The Hall–Kier alpha value is -1.63. The summed E-state index contributed by atoms with van der Waals surface area (Å²) in [5.41, 5.74) is 0. The Morgan fingerprint density at radius 2 is 1.73 bits per heavy atom. The van der Waals surface area contributed by atoms with E-state index in [2.05, 4.69) is 48.2 Å². The van der Waals surface area contributed by atoms with Crippen LogP contribution in [0.25, 0.3) is 0 Å². The Morgan fingerprint density at radius 3 is 2.27 bits per heavy atom. The Kier molecular flexibility index (Phi) is 10.2. The number of imide groups is 1. The first kappa shape index (κ1) is 22.4. The van der Waals surface area contributed by atoms with Gasteiger partial charge in [0.25, 0.3) is 0 Å². The Labute approximate surface area is 158 Å². The molecule has 0 saturated carbocycles. The van der Waals surface area contributed by atoms with Crippen molar-refractivity contribution >= 4 is 17.8 Å². The summed E-state index contributed by atoms with van der Waals surface area (Å²) in [5, 5.41) is 6.44. The van der Waals surface area contributed by atoms with E-state index in [-0.39, 0.29) is 11.8 Å². The lowest BCUT2D eigenvalue weighted by Gasteiger charge is -2.30. The molecule has 0 unspecified atom stereocenters. The first-order valence-electron chi connectivity index (χ1n) is 9.97. The zero-order valence-corrected chi connectivity index (χ0v) is 17.2. The van der Waals surface area contributed by atoms with Crippen molar-refractivity contribution in [1.82, 2.24) is 20.4 Å². The van der Waals surface area contributed by atoms with E-state index in [4.69, 9.17) is 0 Å². The molecule has 1 aliphatic rings. The van der Waals surface area contributed by atoms with Crippen molar-refractivity contribution in [3.05, 3.63) is 0 Å². The number of nitrogens with one attached hydrogen (secondary N) is 2. The SMILES string of the molecule is CCNC(=NCCCN(C(C)C)C(C)C)NCCN1C(=O)CCCC1=O. The molecule has 1 aliphatic heterocycles. The van der Waals surface area contributed by atoms with E-state index in [1.165, 1.54) is 4.90 Å². The second-order valence-corrected chi connectivity index (χ2v) is 7.26. The van der Waals surface area contributed by atoms with Crippen molar-refractivity contribution in [3.63, 3.8) is 0 Å². The first-order valence-corrected chi connectivity index (χ1v) is 9.97. The monoisotopic (exact) mass is 367 g/mol. The highest BCUT2D eigenvalue weighted by Gasteiger charge is 2.25. The molecule has 0 spiro atoms. The number of rotatable bonds is 10. The van der Waals surface area contributed by atoms with Crippen molar-refractivity contribution in [1.29, 1.82) is 0 Å². The lowest BCUT2D eigenvalue weighted by Crippen LogP contribution is -2.46. The van der Waals surface area contributed by atoms with Crippen LogP contribution in [0.5, 0.6) is 0 Å². The fraction of sp³-hybridized carbons (Fsp3) is 0.842. The Bertz CT molecular complexity index is 453. The predicted molar refractivity (Wildman–Crippen MR) is 106 cm³/mol. The zero-order chi connectivity index (χ0) is 19.5. The molecule has 0 bridgehead atoms. The summed E-state index contributed by atoms with van der Waals surface area (Å²) >= 11 is 0. The molecule has 0 aromatic carbocycles. The van der Waals surface area contributed by atoms with Crippen LogP contribution in [-0.2, 0) is 9.59 Å². The van der Waals surface area contributed by atoms with Crippen LogP contribution < -0.4 is 10.6 Å². The van der Waals surface area contributed by atoms with Gasteiger partial charge >= 0.3 is 0 Å². The van der Waals surface area contributed by atoms with Gasteiger partial charge in [-0.3, -0.25) is 24.4 Å². The fourth-order valence-corrected chi connectivity index (χ4v) is 3.23. The standard InChI is InChI=1S/C19H37N5O2/c1-6-20-19(21-11-8-13-23(15(2)3)16(4)5)22-12-14-24-17(25)9-7-10-18(24)26/h15-16H,6-14H2,1-5H3,(H2,20,21,22). The summed E-state index contributed by atoms with van der Waals surface area (Å²) in [6.07, 6.45) is 2.62. The van der Waals surface area contributed by atoms with Gasteiger partial charge in [-0.1, -0.05) is 0 Å². The van der Waals surface area contributed by atoms with Gasteiger partial charge in [0.15, 0.2) is 5.96 Å². The van der Waals surface area contributed by atoms with Crippen LogP contribution in [0.15, 0.2) is 4.99 Å². The number of hydrogen-bond donors (Lipinski definition) is 2. The van der Waals surface area contributed by atoms with Gasteiger partial charge in [-0.15, -0.1) is 0 Å². The van der Waals surface area contributed by atoms with Crippen LogP contribution in [0.4, 0.5) is 0 Å². The predicted octanol–water partition coefficient (Wildman–Crippen LogP) is 1.59. The van der Waals surface area contributed by atoms with E-state index in [9.17, 15) is 9.59 Å². The molecule has 26 heavy (non-hydrogen) atoms. The molecule has 0 aromatic heterocycles. The summed E-state index contributed by atoms with van der Waals surface area (Å²) < 4.78 is 0. The summed E-state index contributed by atoms with van der Waals surface area (Å²) in [4.78, 5) is 32.1. The van der Waals surface area contributed by atoms with Crippen LogP contribution in [0, 0.1) is 0 Å². The second kappa shape index (κ2) is 11.9. The van der Waals surface area contributed by atoms with Gasteiger partial charge in [-0.2, -0.15) is 0 Å². The quantitative estimate of drug-likeness (QED) is 0.265. The van der Waals surface area contributed by atoms with Gasteiger partial charge in [0, 0.05) is 57.6 Å². The largest absolute Gasteiger partial charge is 0.357 e. The number of hydrogen-bond acceptors (Lipinski definition) is 4. The molecule has 1 rings (SSSR count). The summed E-state index contributed by atoms with van der Waals surface area (Å²) in [6, 6.07) is 1.06. The number of amides is 2. The molecule has 0 atom stereocenters. The van der Waals surface area contributed by atoms with Crippen molar-refractivity contribution < 1.29 is 9.59 Å². The maximum Gasteiger partial charge on any atom is 0.229 e. The lowest BCUT2D eigenvalue weighted by molar-refractivity contribution is -0.147. The summed E-state index contributed by atoms with van der Waals surface area (Å²) in [5.74, 6) is 0.616. The minimum Gasteiger partial charge on any atom is -0.357 e. The minimum atomic E-state index is -0.0625. The van der Waals surface area contributed by atoms with Gasteiger partial charge in [0.1, 0.15) is 0 Å². The van der Waals surface area contributed by atoms with Gasteiger partial charge < -0.3 is 10.6 Å². The molecule has 7 nitrogen and oxygen atoms in total. The highest BCUT2D eigenvalue weighted by atomic mass is 16.2. The number of carbonyl (C=O) groups excluding carboxylic acids is 2. The van der Waals surface area contributed by atoms with Crippen molar-refractivity contribution in [2.75, 3.05) is 32.7 Å². The van der Waals surface area contributed by atoms with E-state index in [0.717, 1.165) is 32.0 Å². The van der Waals surface area contributed by atoms with Gasteiger partial charge in [0.05, 0.1) is 0 Å². The van der Waals surface area contributed by atoms with Gasteiger partial charge in [-0.05, 0) is 47.5 Å². The highest BCUT2D eigenvalue weighted by molar-refractivity contribution is 5.97. The molecule has 7 heteroatoms. The van der Waals surface area contributed by atoms with Crippen LogP contribution >= 0.6 is 0 Å². The number of guanidine groups is 1. The third-order valence-corrected chi connectivity index (χ3v) is 4.53. The van der Waals surface area contributed by atoms with Crippen LogP contribution in [-0.4, -0.2) is 72.4 Å². The maximum absolute atomic E-state index is 11.8. The number of nitrogens with zero attached hydrogens (tertiary/aromatic N) is 3. The minimum absolute atomic E-state index is 0.0625. The number of piperidine rings is 1. The Morgan fingerprint density at radius 1 is 1.12 bits per heavy atom. The summed E-state index contributed by atoms with van der Waals surface area (Å²) in [6.45, 7) is 14.4. The lowest BCUT2D eigenvalue weighted by atomic mass is 10.1. The van der Waals surface area contributed by atoms with Crippen molar-refractivity contribution in [2.24, 2.45) is 4.99 Å². The average molecular weight is 368 g/mol. The molecule has 1 saturated heterocycles. The van der Waals surface area contributed by atoms with Crippen LogP contribution in [0.1, 0.15) is 60.3 Å². The van der Waals surface area contributed by atoms with E-state index >= 15 is 0 Å². The molecule has 0 aliphatic carbocycles. The number of aliphatic imine (C=N–C) groups is 1. The molecule has 1 fully saturated rings. The van der Waals surface area contributed by atoms with Crippen LogP contribution in [0.2, 0.25) is 0 Å². The first-order chi connectivity index (χ1) is 12.4. The van der Waals surface area contributed by atoms with E-state index in [1.54, 1.807) is 0 Å².